The van der Waals surface area contributed by atoms with Crippen LogP contribution in [0.2, 0.25) is 0 Å². The fourth-order valence-electron chi connectivity index (χ4n) is 2.00. The number of thiazole rings is 1. The van der Waals surface area contributed by atoms with Crippen molar-refractivity contribution in [1.82, 2.24) is 10.3 Å². The zero-order valence-electron chi connectivity index (χ0n) is 13.5. The minimum Gasteiger partial charge on any atom is -0.388 e. The number of hydrogen-bond donors (Lipinski definition) is 2. The summed E-state index contributed by atoms with van der Waals surface area (Å²) < 4.78 is 13.1. The van der Waals surface area contributed by atoms with Crippen LogP contribution in [0.1, 0.15) is 49.6 Å². The Kier molecular flexibility index (Phi) is 5.49. The highest BCUT2D eigenvalue weighted by Crippen LogP contribution is 2.25. The molecule has 0 aliphatic rings. The predicted molar refractivity (Wildman–Crippen MR) is 88.6 cm³/mol. The molecule has 0 aliphatic carbocycles. The maximum absolute atomic E-state index is 13.1. The summed E-state index contributed by atoms with van der Waals surface area (Å²) in [5, 5.41) is 15.6. The van der Waals surface area contributed by atoms with E-state index in [1.807, 2.05) is 5.38 Å². The Hall–Kier alpha value is -1.79. The first-order chi connectivity index (χ1) is 10.8. The van der Waals surface area contributed by atoms with Crippen molar-refractivity contribution in [2.45, 2.75) is 45.3 Å². The molecule has 6 heteroatoms. The quantitative estimate of drug-likeness (QED) is 0.880. The van der Waals surface area contributed by atoms with Gasteiger partial charge in [0.2, 0.25) is 5.91 Å². The largest absolute Gasteiger partial charge is 0.388 e. The van der Waals surface area contributed by atoms with Crippen LogP contribution in [0.5, 0.6) is 0 Å². The Labute approximate surface area is 139 Å². The van der Waals surface area contributed by atoms with Crippen molar-refractivity contribution >= 4 is 17.2 Å². The second-order valence-electron chi connectivity index (χ2n) is 6.45. The molecule has 0 fully saturated rings. The van der Waals surface area contributed by atoms with Gasteiger partial charge in [-0.1, -0.05) is 32.9 Å². The predicted octanol–water partition coefficient (Wildman–Crippen LogP) is 3.32. The van der Waals surface area contributed by atoms with Crippen LogP contribution in [0, 0.1) is 5.82 Å². The summed E-state index contributed by atoms with van der Waals surface area (Å²) in [6, 6.07) is 5.63. The first kappa shape index (κ1) is 17.6. The number of nitrogens with one attached hydrogen (secondary N) is 1. The molecular weight excluding hydrogens is 315 g/mol. The second kappa shape index (κ2) is 7.19. The molecule has 0 aliphatic heterocycles. The Bertz CT molecular complexity index is 679. The highest BCUT2D eigenvalue weighted by molar-refractivity contribution is 7.09. The Balaban J connectivity index is 1.86. The van der Waals surface area contributed by atoms with Crippen LogP contribution < -0.4 is 5.32 Å². The number of carbonyl (C=O) groups is 1. The van der Waals surface area contributed by atoms with Crippen LogP contribution in [0.3, 0.4) is 0 Å². The lowest BCUT2D eigenvalue weighted by Crippen LogP contribution is -2.25. The number of amides is 1. The molecule has 1 aromatic carbocycles. The smallest absolute Gasteiger partial charge is 0.223 e. The van der Waals surface area contributed by atoms with Crippen molar-refractivity contribution in [2.24, 2.45) is 0 Å². The average Bonchev–Trinajstić information content (AvgIpc) is 2.94. The summed E-state index contributed by atoms with van der Waals surface area (Å²) in [4.78, 5) is 16.4. The lowest BCUT2D eigenvalue weighted by atomic mass is 9.98. The van der Waals surface area contributed by atoms with Gasteiger partial charge in [-0.3, -0.25) is 4.79 Å². The van der Waals surface area contributed by atoms with E-state index in [9.17, 15) is 14.3 Å². The lowest BCUT2D eigenvalue weighted by molar-refractivity contribution is -0.123. The van der Waals surface area contributed by atoms with E-state index >= 15 is 0 Å². The molecule has 1 heterocycles. The number of nitrogens with zero attached hydrogens (tertiary/aromatic N) is 1. The molecule has 2 aromatic rings. The molecule has 4 nitrogen and oxygen atoms in total. The molecule has 1 unspecified atom stereocenters. The van der Waals surface area contributed by atoms with Gasteiger partial charge in [-0.25, -0.2) is 9.37 Å². The standard InChI is InChI=1S/C17H21FN2O2S/c1-17(2,3)16-20-13(10-23-16)9-19-15(22)8-14(21)11-5-4-6-12(18)7-11/h4-7,10,14,21H,8-9H2,1-3H3,(H,19,22). The van der Waals surface area contributed by atoms with Gasteiger partial charge in [0.1, 0.15) is 5.82 Å². The molecule has 1 atom stereocenters. The molecule has 2 rings (SSSR count). The summed E-state index contributed by atoms with van der Waals surface area (Å²) >= 11 is 1.57. The van der Waals surface area contributed by atoms with E-state index in [2.05, 4.69) is 31.1 Å². The molecule has 0 radical (unpaired) electrons. The van der Waals surface area contributed by atoms with Crippen molar-refractivity contribution in [3.63, 3.8) is 0 Å². The second-order valence-corrected chi connectivity index (χ2v) is 7.30. The van der Waals surface area contributed by atoms with Crippen molar-refractivity contribution < 1.29 is 14.3 Å². The first-order valence-electron chi connectivity index (χ1n) is 7.41. The first-order valence-corrected chi connectivity index (χ1v) is 8.29. The maximum Gasteiger partial charge on any atom is 0.223 e. The zero-order valence-corrected chi connectivity index (χ0v) is 14.3. The van der Waals surface area contributed by atoms with Gasteiger partial charge in [0.25, 0.3) is 0 Å². The zero-order chi connectivity index (χ0) is 17.0. The van der Waals surface area contributed by atoms with Gasteiger partial charge < -0.3 is 10.4 Å². The summed E-state index contributed by atoms with van der Waals surface area (Å²) in [7, 11) is 0. The van der Waals surface area contributed by atoms with E-state index in [-0.39, 0.29) is 17.7 Å². The van der Waals surface area contributed by atoms with Crippen molar-refractivity contribution in [3.05, 3.63) is 51.7 Å². The Morgan fingerprint density at radius 3 is 2.78 bits per heavy atom. The third-order valence-electron chi connectivity index (χ3n) is 3.27. The number of carbonyl (C=O) groups excluding carboxylic acids is 1. The van der Waals surface area contributed by atoms with E-state index in [0.29, 0.717) is 12.1 Å². The Morgan fingerprint density at radius 1 is 1.43 bits per heavy atom. The third-order valence-corrected chi connectivity index (χ3v) is 4.59. The summed E-state index contributed by atoms with van der Waals surface area (Å²) in [6.45, 7) is 6.58. The van der Waals surface area contributed by atoms with Crippen LogP contribution in [0.4, 0.5) is 4.39 Å². The minimum atomic E-state index is -1.02. The summed E-state index contributed by atoms with van der Waals surface area (Å²) in [6.07, 6.45) is -1.13. The normalized spacial score (nSPS) is 12.9. The molecule has 1 amide bonds. The van der Waals surface area contributed by atoms with Gasteiger partial charge in [0.15, 0.2) is 0 Å². The molecule has 0 saturated carbocycles. The molecular formula is C17H21FN2O2S. The van der Waals surface area contributed by atoms with Gasteiger partial charge in [-0.05, 0) is 17.7 Å². The number of halogens is 1. The van der Waals surface area contributed by atoms with Crippen LogP contribution in [0.15, 0.2) is 29.6 Å². The highest BCUT2D eigenvalue weighted by atomic mass is 32.1. The van der Waals surface area contributed by atoms with Gasteiger partial charge in [0, 0.05) is 10.8 Å². The summed E-state index contributed by atoms with van der Waals surface area (Å²) in [5.74, 6) is -0.730. The third kappa shape index (κ3) is 5.11. The van der Waals surface area contributed by atoms with Crippen molar-refractivity contribution in [1.29, 1.82) is 0 Å². The van der Waals surface area contributed by atoms with E-state index in [4.69, 9.17) is 0 Å². The fourth-order valence-corrected chi connectivity index (χ4v) is 2.91. The number of hydrogen-bond acceptors (Lipinski definition) is 4. The van der Waals surface area contributed by atoms with Gasteiger partial charge >= 0.3 is 0 Å². The van der Waals surface area contributed by atoms with Crippen LogP contribution in [-0.4, -0.2) is 16.0 Å². The van der Waals surface area contributed by atoms with E-state index in [1.54, 1.807) is 17.4 Å². The van der Waals surface area contributed by atoms with Crippen molar-refractivity contribution in [3.8, 4) is 0 Å². The minimum absolute atomic E-state index is 0.0134. The van der Waals surface area contributed by atoms with Gasteiger partial charge in [-0.15, -0.1) is 11.3 Å². The van der Waals surface area contributed by atoms with Gasteiger partial charge in [-0.2, -0.15) is 0 Å². The lowest BCUT2D eigenvalue weighted by Gasteiger charge is -2.13. The topological polar surface area (TPSA) is 62.2 Å². The highest BCUT2D eigenvalue weighted by Gasteiger charge is 2.18. The molecule has 2 N–H and O–H groups in total. The number of aliphatic hydroxyl groups excluding tert-OH is 1. The monoisotopic (exact) mass is 336 g/mol. The molecule has 0 bridgehead atoms. The average molecular weight is 336 g/mol. The van der Waals surface area contributed by atoms with Crippen LogP contribution >= 0.6 is 11.3 Å². The van der Waals surface area contributed by atoms with Gasteiger partial charge in [0.05, 0.1) is 29.8 Å². The van der Waals surface area contributed by atoms with Crippen LogP contribution in [-0.2, 0) is 16.8 Å². The number of rotatable bonds is 5. The molecule has 0 spiro atoms. The SMILES string of the molecule is CC(C)(C)c1nc(CNC(=O)CC(O)c2cccc(F)c2)cs1. The number of benzene rings is 1. The van der Waals surface area contributed by atoms with Crippen molar-refractivity contribution in [2.75, 3.05) is 0 Å². The van der Waals surface area contributed by atoms with E-state index in [0.717, 1.165) is 10.7 Å². The molecule has 0 saturated heterocycles. The Morgan fingerprint density at radius 2 is 2.17 bits per heavy atom. The molecule has 124 valence electrons. The number of aromatic nitrogens is 1. The fraction of sp³-hybridized carbons (Fsp3) is 0.412. The van der Waals surface area contributed by atoms with E-state index in [1.165, 1.54) is 18.2 Å². The summed E-state index contributed by atoms with van der Waals surface area (Å²) in [5.41, 5.74) is 1.18. The molecule has 23 heavy (non-hydrogen) atoms. The van der Waals surface area contributed by atoms with E-state index < -0.39 is 11.9 Å². The number of aliphatic hydroxyl groups is 1. The van der Waals surface area contributed by atoms with Crippen LogP contribution in [0.25, 0.3) is 0 Å². The molecule has 1 aromatic heterocycles. The maximum atomic E-state index is 13.1.